The van der Waals surface area contributed by atoms with Gasteiger partial charge in [0.1, 0.15) is 12.4 Å². The first-order chi connectivity index (χ1) is 12.6. The lowest BCUT2D eigenvalue weighted by Crippen LogP contribution is -2.46. The Bertz CT molecular complexity index is 825. The maximum atomic E-state index is 13.6. The Morgan fingerprint density at radius 1 is 1.23 bits per heavy atom. The molecule has 0 spiro atoms. The van der Waals surface area contributed by atoms with Gasteiger partial charge in [-0.2, -0.15) is 0 Å². The van der Waals surface area contributed by atoms with Crippen molar-refractivity contribution in [3.8, 4) is 11.5 Å². The first kappa shape index (κ1) is 17.7. The second-order valence-corrected chi connectivity index (χ2v) is 5.89. The molecule has 0 saturated carbocycles. The highest BCUT2D eigenvalue weighted by Crippen LogP contribution is 2.34. The molecule has 2 aromatic carbocycles. The number of para-hydroxylation sites is 1. The summed E-state index contributed by atoms with van der Waals surface area (Å²) in [5.41, 5.74) is 0.846. The maximum Gasteiger partial charge on any atom is 0.254 e. The number of amides is 2. The zero-order chi connectivity index (χ0) is 18.5. The lowest BCUT2D eigenvalue weighted by atomic mass is 10.0. The van der Waals surface area contributed by atoms with Gasteiger partial charge < -0.3 is 20.1 Å². The summed E-state index contributed by atoms with van der Waals surface area (Å²) in [5.74, 6) is -0.280. The molecule has 26 heavy (non-hydrogen) atoms. The summed E-state index contributed by atoms with van der Waals surface area (Å²) in [7, 11) is 1.57. The van der Waals surface area contributed by atoms with Crippen LogP contribution in [-0.4, -0.2) is 38.1 Å². The summed E-state index contributed by atoms with van der Waals surface area (Å²) in [5, 5.41) is 5.22. The van der Waals surface area contributed by atoms with Gasteiger partial charge in [-0.3, -0.25) is 9.59 Å². The monoisotopic (exact) mass is 358 g/mol. The van der Waals surface area contributed by atoms with Crippen LogP contribution in [0, 0.1) is 5.82 Å². The summed E-state index contributed by atoms with van der Waals surface area (Å²) in [6.07, 6.45) is 0.597. The number of hydrogen-bond acceptors (Lipinski definition) is 4. The van der Waals surface area contributed by atoms with Gasteiger partial charge >= 0.3 is 0 Å². The number of nitrogens with one attached hydrogen (secondary N) is 2. The molecule has 136 valence electrons. The topological polar surface area (TPSA) is 76.7 Å². The summed E-state index contributed by atoms with van der Waals surface area (Å²) in [6.45, 7) is 0.0645. The first-order valence-electron chi connectivity index (χ1n) is 8.19. The predicted octanol–water partition coefficient (Wildman–Crippen LogP) is 1.68. The van der Waals surface area contributed by atoms with Crippen molar-refractivity contribution in [2.24, 2.45) is 0 Å². The van der Waals surface area contributed by atoms with Gasteiger partial charge in [0.05, 0.1) is 25.3 Å². The van der Waals surface area contributed by atoms with Crippen LogP contribution < -0.4 is 20.1 Å². The fourth-order valence-electron chi connectivity index (χ4n) is 2.83. The molecule has 0 fully saturated rings. The first-order valence-corrected chi connectivity index (χ1v) is 8.19. The van der Waals surface area contributed by atoms with E-state index in [1.54, 1.807) is 13.2 Å². The largest absolute Gasteiger partial charge is 0.493 e. The molecule has 3 rings (SSSR count). The van der Waals surface area contributed by atoms with Crippen LogP contribution in [0.3, 0.4) is 0 Å². The number of benzene rings is 2. The molecule has 1 aliphatic rings. The van der Waals surface area contributed by atoms with Gasteiger partial charge in [-0.15, -0.1) is 0 Å². The summed E-state index contributed by atoms with van der Waals surface area (Å²) < 4.78 is 24.5. The Hall–Kier alpha value is -3.09. The fourth-order valence-corrected chi connectivity index (χ4v) is 2.83. The van der Waals surface area contributed by atoms with E-state index in [-0.39, 0.29) is 24.1 Å². The Kier molecular flexibility index (Phi) is 5.36. The number of fused-ring (bicyclic) bond motifs is 1. The van der Waals surface area contributed by atoms with Crippen molar-refractivity contribution in [2.75, 3.05) is 20.3 Å². The van der Waals surface area contributed by atoms with Gasteiger partial charge in [0.2, 0.25) is 5.91 Å². The summed E-state index contributed by atoms with van der Waals surface area (Å²) >= 11 is 0. The summed E-state index contributed by atoms with van der Waals surface area (Å²) in [4.78, 5) is 24.0. The third-order valence-electron chi connectivity index (χ3n) is 4.07. The number of rotatable bonds is 5. The predicted molar refractivity (Wildman–Crippen MR) is 92.9 cm³/mol. The minimum absolute atomic E-state index is 0.0951. The molecule has 0 saturated heterocycles. The zero-order valence-electron chi connectivity index (χ0n) is 14.3. The molecule has 1 aliphatic heterocycles. The molecule has 1 unspecified atom stereocenters. The van der Waals surface area contributed by atoms with Crippen molar-refractivity contribution < 1.29 is 23.5 Å². The number of ether oxygens (including phenoxy) is 2. The molecule has 0 bridgehead atoms. The number of halogens is 1. The van der Waals surface area contributed by atoms with Crippen LogP contribution in [0.1, 0.15) is 15.9 Å². The van der Waals surface area contributed by atoms with Crippen LogP contribution >= 0.6 is 0 Å². The SMILES string of the molecule is COc1cccc2c1OCC(NC(=O)CNC(=O)c1ccccc1F)C2. The van der Waals surface area contributed by atoms with Crippen LogP contribution in [0.15, 0.2) is 42.5 Å². The molecule has 2 amide bonds. The molecular weight excluding hydrogens is 339 g/mol. The van der Waals surface area contributed by atoms with E-state index in [1.807, 2.05) is 18.2 Å². The Morgan fingerprint density at radius 2 is 2.04 bits per heavy atom. The lowest BCUT2D eigenvalue weighted by molar-refractivity contribution is -0.121. The van der Waals surface area contributed by atoms with Gasteiger partial charge in [0, 0.05) is 5.56 Å². The zero-order valence-corrected chi connectivity index (χ0v) is 14.3. The molecule has 0 aliphatic carbocycles. The van der Waals surface area contributed by atoms with Crippen LogP contribution in [0.5, 0.6) is 11.5 Å². The Balaban J connectivity index is 1.53. The van der Waals surface area contributed by atoms with E-state index in [0.717, 1.165) is 5.56 Å². The second kappa shape index (κ2) is 7.86. The molecule has 1 heterocycles. The highest BCUT2D eigenvalue weighted by Gasteiger charge is 2.24. The van der Waals surface area contributed by atoms with E-state index < -0.39 is 11.7 Å². The van der Waals surface area contributed by atoms with Crippen molar-refractivity contribution in [3.63, 3.8) is 0 Å². The van der Waals surface area contributed by atoms with E-state index in [9.17, 15) is 14.0 Å². The lowest BCUT2D eigenvalue weighted by Gasteiger charge is -2.27. The van der Waals surface area contributed by atoms with Crippen LogP contribution in [0.4, 0.5) is 4.39 Å². The molecule has 6 nitrogen and oxygen atoms in total. The number of hydrogen-bond donors (Lipinski definition) is 2. The number of carbonyl (C=O) groups is 2. The molecule has 1 atom stereocenters. The van der Waals surface area contributed by atoms with Crippen LogP contribution in [0.2, 0.25) is 0 Å². The van der Waals surface area contributed by atoms with Crippen molar-refractivity contribution in [3.05, 3.63) is 59.4 Å². The van der Waals surface area contributed by atoms with Gasteiger partial charge in [-0.25, -0.2) is 4.39 Å². The Labute approximate surface area is 150 Å². The van der Waals surface area contributed by atoms with Gasteiger partial charge in [-0.05, 0) is 24.6 Å². The minimum atomic E-state index is -0.631. The third-order valence-corrected chi connectivity index (χ3v) is 4.07. The van der Waals surface area contributed by atoms with Crippen LogP contribution in [-0.2, 0) is 11.2 Å². The van der Waals surface area contributed by atoms with Crippen molar-refractivity contribution in [1.29, 1.82) is 0 Å². The maximum absolute atomic E-state index is 13.6. The smallest absolute Gasteiger partial charge is 0.254 e. The molecule has 2 N–H and O–H groups in total. The third kappa shape index (κ3) is 3.93. The van der Waals surface area contributed by atoms with E-state index in [1.165, 1.54) is 18.2 Å². The van der Waals surface area contributed by atoms with E-state index >= 15 is 0 Å². The molecule has 0 aromatic heterocycles. The average molecular weight is 358 g/mol. The normalized spacial score (nSPS) is 15.4. The highest BCUT2D eigenvalue weighted by molar-refractivity contribution is 5.96. The van der Waals surface area contributed by atoms with Crippen molar-refractivity contribution in [2.45, 2.75) is 12.5 Å². The number of carbonyl (C=O) groups excluding carboxylic acids is 2. The van der Waals surface area contributed by atoms with Gasteiger partial charge in [-0.1, -0.05) is 24.3 Å². The quantitative estimate of drug-likeness (QED) is 0.853. The molecule has 7 heteroatoms. The number of methoxy groups -OCH3 is 1. The van der Waals surface area contributed by atoms with E-state index in [4.69, 9.17) is 9.47 Å². The minimum Gasteiger partial charge on any atom is -0.493 e. The van der Waals surface area contributed by atoms with Gasteiger partial charge in [0.15, 0.2) is 11.5 Å². The second-order valence-electron chi connectivity index (χ2n) is 5.89. The molecular formula is C19H19FN2O4. The highest BCUT2D eigenvalue weighted by atomic mass is 19.1. The van der Waals surface area contributed by atoms with Crippen molar-refractivity contribution >= 4 is 11.8 Å². The summed E-state index contributed by atoms with van der Waals surface area (Å²) in [6, 6.07) is 11.0. The Morgan fingerprint density at radius 3 is 2.81 bits per heavy atom. The van der Waals surface area contributed by atoms with E-state index in [2.05, 4.69) is 10.6 Å². The van der Waals surface area contributed by atoms with Gasteiger partial charge in [0.25, 0.3) is 5.91 Å². The average Bonchev–Trinajstić information content (AvgIpc) is 2.65. The molecule has 2 aromatic rings. The molecule has 0 radical (unpaired) electrons. The standard InChI is InChI=1S/C19H19FN2O4/c1-25-16-8-4-5-12-9-13(11-26-18(12)16)22-17(23)10-21-19(24)14-6-2-3-7-15(14)20/h2-8,13H,9-11H2,1H3,(H,21,24)(H,22,23). The fraction of sp³-hybridized carbons (Fsp3) is 0.263. The van der Waals surface area contributed by atoms with Crippen LogP contribution in [0.25, 0.3) is 0 Å². The van der Waals surface area contributed by atoms with E-state index in [0.29, 0.717) is 24.5 Å². The van der Waals surface area contributed by atoms with Crippen molar-refractivity contribution in [1.82, 2.24) is 10.6 Å².